The minimum absolute atomic E-state index is 0.0570. The molecule has 0 saturated heterocycles. The first-order valence-corrected chi connectivity index (χ1v) is 13.3. The molecule has 3 aromatic carbocycles. The Kier molecular flexibility index (Phi) is 8.02. The SMILES string of the molecule is CCc1cccc(CC)c1NC(=O)CSc1nc2ccc(NC(=O)c3ccccc3C(=O)O)cc2s1. The van der Waals surface area contributed by atoms with E-state index in [0.717, 1.165) is 44.2 Å². The second-order valence-corrected chi connectivity index (χ2v) is 10.2. The van der Waals surface area contributed by atoms with E-state index in [2.05, 4.69) is 29.5 Å². The van der Waals surface area contributed by atoms with Crippen molar-refractivity contribution < 1.29 is 19.5 Å². The van der Waals surface area contributed by atoms with Gasteiger partial charge in [-0.1, -0.05) is 55.9 Å². The van der Waals surface area contributed by atoms with Gasteiger partial charge in [0.1, 0.15) is 0 Å². The number of hydrogen-bond acceptors (Lipinski definition) is 6. The third-order valence-electron chi connectivity index (χ3n) is 5.62. The van der Waals surface area contributed by atoms with Crippen LogP contribution in [-0.4, -0.2) is 33.6 Å². The molecule has 36 heavy (non-hydrogen) atoms. The van der Waals surface area contributed by atoms with Crippen LogP contribution < -0.4 is 10.6 Å². The molecule has 9 heteroatoms. The highest BCUT2D eigenvalue weighted by molar-refractivity contribution is 8.01. The number of benzene rings is 3. The molecule has 0 spiro atoms. The molecule has 2 amide bonds. The van der Waals surface area contributed by atoms with Crippen molar-refractivity contribution in [2.45, 2.75) is 31.0 Å². The quantitative estimate of drug-likeness (QED) is 0.231. The number of carboxylic acid groups (broad SMARTS) is 1. The van der Waals surface area contributed by atoms with Crippen molar-refractivity contribution in [2.24, 2.45) is 0 Å². The first-order chi connectivity index (χ1) is 17.4. The summed E-state index contributed by atoms with van der Waals surface area (Å²) >= 11 is 2.80. The molecule has 1 aromatic heterocycles. The Bertz CT molecular complexity index is 1430. The third-order valence-corrected chi connectivity index (χ3v) is 7.78. The lowest BCUT2D eigenvalue weighted by molar-refractivity contribution is -0.113. The van der Waals surface area contributed by atoms with Crippen LogP contribution in [0, 0.1) is 0 Å². The fraction of sp³-hybridized carbons (Fsp3) is 0.185. The Morgan fingerprint density at radius 1 is 0.917 bits per heavy atom. The van der Waals surface area contributed by atoms with Gasteiger partial charge in [-0.25, -0.2) is 9.78 Å². The second-order valence-electron chi connectivity index (χ2n) is 7.96. The molecule has 4 rings (SSSR count). The van der Waals surface area contributed by atoms with Crippen molar-refractivity contribution >= 4 is 62.5 Å². The van der Waals surface area contributed by atoms with Gasteiger partial charge in [-0.15, -0.1) is 11.3 Å². The lowest BCUT2D eigenvalue weighted by atomic mass is 10.0. The van der Waals surface area contributed by atoms with E-state index in [1.807, 2.05) is 18.2 Å². The lowest BCUT2D eigenvalue weighted by Gasteiger charge is -2.14. The van der Waals surface area contributed by atoms with Gasteiger partial charge in [-0.2, -0.15) is 0 Å². The molecule has 0 aliphatic heterocycles. The average molecular weight is 520 g/mol. The number of amides is 2. The van der Waals surface area contributed by atoms with Crippen molar-refractivity contribution in [3.8, 4) is 0 Å². The molecule has 0 radical (unpaired) electrons. The molecule has 0 bridgehead atoms. The highest BCUT2D eigenvalue weighted by Crippen LogP contribution is 2.32. The van der Waals surface area contributed by atoms with Gasteiger partial charge in [0.25, 0.3) is 5.91 Å². The van der Waals surface area contributed by atoms with E-state index in [9.17, 15) is 19.5 Å². The maximum Gasteiger partial charge on any atom is 0.336 e. The Hall–Kier alpha value is -3.69. The number of fused-ring (bicyclic) bond motifs is 1. The van der Waals surface area contributed by atoms with E-state index in [0.29, 0.717) is 5.69 Å². The second kappa shape index (κ2) is 11.4. The summed E-state index contributed by atoms with van der Waals surface area (Å²) in [5.41, 5.74) is 4.47. The first-order valence-electron chi connectivity index (χ1n) is 11.5. The summed E-state index contributed by atoms with van der Waals surface area (Å²) in [5, 5.41) is 15.2. The highest BCUT2D eigenvalue weighted by Gasteiger charge is 2.17. The number of hydrogen-bond donors (Lipinski definition) is 3. The number of rotatable bonds is 9. The monoisotopic (exact) mass is 519 g/mol. The van der Waals surface area contributed by atoms with E-state index in [-0.39, 0.29) is 22.8 Å². The predicted octanol–water partition coefficient (Wildman–Crippen LogP) is 6.10. The molecule has 7 nitrogen and oxygen atoms in total. The zero-order valence-corrected chi connectivity index (χ0v) is 21.5. The van der Waals surface area contributed by atoms with Crippen LogP contribution in [0.2, 0.25) is 0 Å². The molecular weight excluding hydrogens is 494 g/mol. The van der Waals surface area contributed by atoms with Gasteiger partial charge in [-0.3, -0.25) is 9.59 Å². The third kappa shape index (κ3) is 5.75. The Morgan fingerprint density at radius 2 is 1.61 bits per heavy atom. The van der Waals surface area contributed by atoms with Gasteiger partial charge < -0.3 is 15.7 Å². The molecule has 0 aliphatic rings. The number of nitrogens with one attached hydrogen (secondary N) is 2. The van der Waals surface area contributed by atoms with Gasteiger partial charge in [-0.05, 0) is 54.3 Å². The number of aryl methyl sites for hydroxylation is 2. The number of carboxylic acids is 1. The number of thiazole rings is 1. The number of carbonyl (C=O) groups excluding carboxylic acids is 2. The minimum Gasteiger partial charge on any atom is -0.478 e. The van der Waals surface area contributed by atoms with Gasteiger partial charge in [0, 0.05) is 11.4 Å². The summed E-state index contributed by atoms with van der Waals surface area (Å²) in [6.07, 6.45) is 1.68. The van der Waals surface area contributed by atoms with E-state index in [1.54, 1.807) is 30.3 Å². The van der Waals surface area contributed by atoms with Crippen LogP contribution in [0.5, 0.6) is 0 Å². The van der Waals surface area contributed by atoms with Crippen LogP contribution >= 0.6 is 23.1 Å². The summed E-state index contributed by atoms with van der Waals surface area (Å²) in [7, 11) is 0. The van der Waals surface area contributed by atoms with Crippen molar-refractivity contribution in [3.63, 3.8) is 0 Å². The molecule has 0 saturated carbocycles. The predicted molar refractivity (Wildman–Crippen MR) is 146 cm³/mol. The van der Waals surface area contributed by atoms with Crippen LogP contribution in [-0.2, 0) is 17.6 Å². The van der Waals surface area contributed by atoms with Crippen LogP contribution in [0.15, 0.2) is 65.0 Å². The van der Waals surface area contributed by atoms with Crippen molar-refractivity contribution in [1.29, 1.82) is 0 Å². The lowest BCUT2D eigenvalue weighted by Crippen LogP contribution is -2.16. The normalized spacial score (nSPS) is 10.8. The number of aromatic nitrogens is 1. The fourth-order valence-electron chi connectivity index (χ4n) is 3.81. The number of carbonyl (C=O) groups is 3. The molecule has 4 aromatic rings. The highest BCUT2D eigenvalue weighted by atomic mass is 32.2. The van der Waals surface area contributed by atoms with Gasteiger partial charge in [0.15, 0.2) is 4.34 Å². The van der Waals surface area contributed by atoms with E-state index in [4.69, 9.17) is 0 Å². The number of para-hydroxylation sites is 1. The van der Waals surface area contributed by atoms with Gasteiger partial charge >= 0.3 is 5.97 Å². The molecule has 1 heterocycles. The van der Waals surface area contributed by atoms with Crippen LogP contribution in [0.1, 0.15) is 45.7 Å². The summed E-state index contributed by atoms with van der Waals surface area (Å²) < 4.78 is 1.60. The Balaban J connectivity index is 1.43. The van der Waals surface area contributed by atoms with Gasteiger partial charge in [0.2, 0.25) is 5.91 Å². The van der Waals surface area contributed by atoms with Crippen molar-refractivity contribution in [3.05, 3.63) is 82.9 Å². The van der Waals surface area contributed by atoms with Crippen LogP contribution in [0.4, 0.5) is 11.4 Å². The summed E-state index contributed by atoms with van der Waals surface area (Å²) in [5.74, 6) is -1.51. The van der Waals surface area contributed by atoms with E-state index >= 15 is 0 Å². The average Bonchev–Trinajstić information content (AvgIpc) is 3.29. The maximum atomic E-state index is 12.7. The maximum absolute atomic E-state index is 12.7. The molecule has 3 N–H and O–H groups in total. The summed E-state index contributed by atoms with van der Waals surface area (Å²) in [6, 6.07) is 17.5. The zero-order valence-electron chi connectivity index (χ0n) is 19.8. The molecular formula is C27H25N3O4S2. The summed E-state index contributed by atoms with van der Waals surface area (Å²) in [6.45, 7) is 4.14. The molecule has 0 aliphatic carbocycles. The van der Waals surface area contributed by atoms with E-state index < -0.39 is 11.9 Å². The number of aromatic carboxylic acids is 1. The zero-order chi connectivity index (χ0) is 25.7. The van der Waals surface area contributed by atoms with Crippen LogP contribution in [0.25, 0.3) is 10.2 Å². The standard InChI is InChI=1S/C27H25N3O4S2/c1-3-16-8-7-9-17(4-2)24(16)30-23(31)15-35-27-29-21-13-12-18(14-22(21)36-27)28-25(32)19-10-5-6-11-20(19)26(33)34/h5-14H,3-4,15H2,1-2H3,(H,28,32)(H,30,31)(H,33,34). The number of thioether (sulfide) groups is 1. The van der Waals surface area contributed by atoms with Crippen molar-refractivity contribution in [1.82, 2.24) is 4.98 Å². The molecule has 184 valence electrons. The fourth-order valence-corrected chi connectivity index (χ4v) is 5.72. The van der Waals surface area contributed by atoms with Crippen molar-refractivity contribution in [2.75, 3.05) is 16.4 Å². The molecule has 0 atom stereocenters. The van der Waals surface area contributed by atoms with E-state index in [1.165, 1.54) is 35.2 Å². The smallest absolute Gasteiger partial charge is 0.336 e. The minimum atomic E-state index is -1.16. The molecule has 0 unspecified atom stereocenters. The number of anilines is 2. The Labute approximate surface area is 217 Å². The largest absolute Gasteiger partial charge is 0.478 e. The number of nitrogens with zero attached hydrogens (tertiary/aromatic N) is 1. The molecule has 0 fully saturated rings. The Morgan fingerprint density at radius 3 is 2.28 bits per heavy atom. The first kappa shape index (κ1) is 25.4. The topological polar surface area (TPSA) is 108 Å². The van der Waals surface area contributed by atoms with Crippen LogP contribution in [0.3, 0.4) is 0 Å². The van der Waals surface area contributed by atoms with Gasteiger partial charge in [0.05, 0.1) is 27.1 Å². The summed E-state index contributed by atoms with van der Waals surface area (Å²) in [4.78, 5) is 41.3.